The molecule has 1 saturated carbocycles. The Morgan fingerprint density at radius 1 is 1.71 bits per heavy atom. The van der Waals surface area contributed by atoms with Crippen molar-refractivity contribution in [3.63, 3.8) is 0 Å². The van der Waals surface area contributed by atoms with Crippen LogP contribution in [0.2, 0.25) is 0 Å². The molecule has 3 heteroatoms. The van der Waals surface area contributed by atoms with Crippen molar-refractivity contribution in [2.45, 2.75) is 19.8 Å². The quantitative estimate of drug-likeness (QED) is 0.646. The molecule has 1 fully saturated rings. The van der Waals surface area contributed by atoms with Gasteiger partial charge in [-0.3, -0.25) is 4.79 Å². The minimum atomic E-state index is -0.109. The number of terminal acetylenes is 1. The standard InChI is InChI=1S/C11H18N2O/c1-3-6-13(8-10-4-5-10)11(14)9(2)7-12/h1,9-10H,4-8,12H2,2H3. The number of carbonyl (C=O) groups is 1. The Bertz CT molecular complexity index is 240. The lowest BCUT2D eigenvalue weighted by molar-refractivity contribution is -0.134. The Morgan fingerprint density at radius 2 is 2.36 bits per heavy atom. The first kappa shape index (κ1) is 11.1. The van der Waals surface area contributed by atoms with Gasteiger partial charge in [0.25, 0.3) is 0 Å². The number of hydrogen-bond donors (Lipinski definition) is 1. The summed E-state index contributed by atoms with van der Waals surface area (Å²) in [4.78, 5) is 13.5. The summed E-state index contributed by atoms with van der Waals surface area (Å²) in [7, 11) is 0. The zero-order valence-corrected chi connectivity index (χ0v) is 8.70. The third-order valence-electron chi connectivity index (χ3n) is 2.54. The van der Waals surface area contributed by atoms with Crippen LogP contribution in [0, 0.1) is 24.2 Å². The van der Waals surface area contributed by atoms with Gasteiger partial charge in [0, 0.05) is 19.0 Å². The van der Waals surface area contributed by atoms with Gasteiger partial charge in [-0.25, -0.2) is 0 Å². The first-order chi connectivity index (χ1) is 6.69. The fourth-order valence-corrected chi connectivity index (χ4v) is 1.37. The van der Waals surface area contributed by atoms with E-state index in [2.05, 4.69) is 5.92 Å². The van der Waals surface area contributed by atoms with E-state index in [9.17, 15) is 4.79 Å². The van der Waals surface area contributed by atoms with Gasteiger partial charge in [-0.15, -0.1) is 6.42 Å². The van der Waals surface area contributed by atoms with Crippen LogP contribution in [0.5, 0.6) is 0 Å². The fraction of sp³-hybridized carbons (Fsp3) is 0.727. The summed E-state index contributed by atoms with van der Waals surface area (Å²) < 4.78 is 0. The number of nitrogens with zero attached hydrogens (tertiary/aromatic N) is 1. The molecule has 0 aromatic rings. The van der Waals surface area contributed by atoms with Crippen LogP contribution in [0.25, 0.3) is 0 Å². The molecule has 14 heavy (non-hydrogen) atoms. The van der Waals surface area contributed by atoms with Crippen LogP contribution < -0.4 is 5.73 Å². The molecule has 0 spiro atoms. The molecule has 0 bridgehead atoms. The van der Waals surface area contributed by atoms with E-state index in [0.29, 0.717) is 19.0 Å². The maximum absolute atomic E-state index is 11.8. The predicted molar refractivity (Wildman–Crippen MR) is 56.4 cm³/mol. The maximum Gasteiger partial charge on any atom is 0.227 e. The van der Waals surface area contributed by atoms with Crippen molar-refractivity contribution in [1.82, 2.24) is 4.90 Å². The number of carbonyl (C=O) groups excluding carboxylic acids is 1. The van der Waals surface area contributed by atoms with Crippen molar-refractivity contribution in [3.05, 3.63) is 0 Å². The lowest BCUT2D eigenvalue weighted by Gasteiger charge is -2.23. The summed E-state index contributed by atoms with van der Waals surface area (Å²) in [6.45, 7) is 3.47. The number of amides is 1. The molecule has 0 aromatic heterocycles. The van der Waals surface area contributed by atoms with E-state index in [-0.39, 0.29) is 11.8 Å². The molecule has 0 aromatic carbocycles. The first-order valence-corrected chi connectivity index (χ1v) is 5.11. The van der Waals surface area contributed by atoms with Crippen molar-refractivity contribution in [2.24, 2.45) is 17.6 Å². The third kappa shape index (κ3) is 3.04. The lowest BCUT2D eigenvalue weighted by atomic mass is 10.1. The van der Waals surface area contributed by atoms with Gasteiger partial charge in [0.05, 0.1) is 6.54 Å². The van der Waals surface area contributed by atoms with Crippen LogP contribution in [0.15, 0.2) is 0 Å². The summed E-state index contributed by atoms with van der Waals surface area (Å²) in [6, 6.07) is 0. The number of hydrogen-bond acceptors (Lipinski definition) is 2. The molecule has 1 atom stereocenters. The Hall–Kier alpha value is -1.01. The average molecular weight is 194 g/mol. The summed E-state index contributed by atoms with van der Waals surface area (Å²) in [5, 5.41) is 0. The van der Waals surface area contributed by atoms with Crippen LogP contribution in [0.1, 0.15) is 19.8 Å². The number of rotatable bonds is 5. The van der Waals surface area contributed by atoms with Gasteiger partial charge in [-0.2, -0.15) is 0 Å². The Morgan fingerprint density at radius 3 is 2.79 bits per heavy atom. The number of nitrogens with two attached hydrogens (primary N) is 1. The molecular weight excluding hydrogens is 176 g/mol. The van der Waals surface area contributed by atoms with E-state index < -0.39 is 0 Å². The molecule has 0 heterocycles. The monoisotopic (exact) mass is 194 g/mol. The molecule has 0 aliphatic heterocycles. The van der Waals surface area contributed by atoms with Crippen molar-refractivity contribution in [3.8, 4) is 12.3 Å². The van der Waals surface area contributed by atoms with Crippen LogP contribution >= 0.6 is 0 Å². The first-order valence-electron chi connectivity index (χ1n) is 5.11. The second-order valence-electron chi connectivity index (χ2n) is 4.00. The summed E-state index contributed by atoms with van der Waals surface area (Å²) >= 11 is 0. The normalized spacial score (nSPS) is 17.2. The highest BCUT2D eigenvalue weighted by Gasteiger charge is 2.27. The van der Waals surface area contributed by atoms with E-state index in [1.807, 2.05) is 6.92 Å². The van der Waals surface area contributed by atoms with Crippen molar-refractivity contribution < 1.29 is 4.79 Å². The smallest absolute Gasteiger partial charge is 0.227 e. The van der Waals surface area contributed by atoms with Gasteiger partial charge in [-0.1, -0.05) is 12.8 Å². The predicted octanol–water partition coefficient (Wildman–Crippen LogP) is 0.453. The molecule has 1 aliphatic carbocycles. The molecule has 1 rings (SSSR count). The van der Waals surface area contributed by atoms with Crippen molar-refractivity contribution in [1.29, 1.82) is 0 Å². The Kier molecular flexibility index (Phi) is 3.97. The van der Waals surface area contributed by atoms with Gasteiger partial charge in [0.2, 0.25) is 5.91 Å². The molecule has 1 unspecified atom stereocenters. The van der Waals surface area contributed by atoms with E-state index >= 15 is 0 Å². The topological polar surface area (TPSA) is 46.3 Å². The van der Waals surface area contributed by atoms with Gasteiger partial charge in [0.15, 0.2) is 0 Å². The maximum atomic E-state index is 11.8. The molecule has 78 valence electrons. The highest BCUT2D eigenvalue weighted by Crippen LogP contribution is 2.29. The Labute approximate surface area is 85.6 Å². The van der Waals surface area contributed by atoms with Crippen LogP contribution in [-0.2, 0) is 4.79 Å². The zero-order valence-electron chi connectivity index (χ0n) is 8.70. The third-order valence-corrected chi connectivity index (χ3v) is 2.54. The van der Waals surface area contributed by atoms with Gasteiger partial charge in [-0.05, 0) is 18.8 Å². The second kappa shape index (κ2) is 5.02. The SMILES string of the molecule is C#CCN(CC1CC1)C(=O)C(C)CN. The minimum absolute atomic E-state index is 0.0948. The summed E-state index contributed by atoms with van der Waals surface area (Å²) in [5.74, 6) is 3.19. The largest absolute Gasteiger partial charge is 0.331 e. The van der Waals surface area contributed by atoms with E-state index in [4.69, 9.17) is 12.2 Å². The minimum Gasteiger partial charge on any atom is -0.331 e. The highest BCUT2D eigenvalue weighted by molar-refractivity contribution is 5.79. The second-order valence-corrected chi connectivity index (χ2v) is 4.00. The summed E-state index contributed by atoms with van der Waals surface area (Å²) in [5.41, 5.74) is 5.45. The average Bonchev–Trinajstić information content (AvgIpc) is 2.98. The van der Waals surface area contributed by atoms with Crippen LogP contribution in [0.4, 0.5) is 0 Å². The van der Waals surface area contributed by atoms with Crippen molar-refractivity contribution in [2.75, 3.05) is 19.6 Å². The van der Waals surface area contributed by atoms with Crippen molar-refractivity contribution >= 4 is 5.91 Å². The van der Waals surface area contributed by atoms with E-state index in [0.717, 1.165) is 6.54 Å². The van der Waals surface area contributed by atoms with Gasteiger partial charge < -0.3 is 10.6 Å². The van der Waals surface area contributed by atoms with Crippen LogP contribution in [0.3, 0.4) is 0 Å². The fourth-order valence-electron chi connectivity index (χ4n) is 1.37. The highest BCUT2D eigenvalue weighted by atomic mass is 16.2. The molecule has 0 saturated heterocycles. The molecule has 1 aliphatic rings. The van der Waals surface area contributed by atoms with Crippen LogP contribution in [-0.4, -0.2) is 30.4 Å². The van der Waals surface area contributed by atoms with E-state index in [1.54, 1.807) is 4.90 Å². The zero-order chi connectivity index (χ0) is 10.6. The Balaban J connectivity index is 2.47. The van der Waals surface area contributed by atoms with Gasteiger partial charge >= 0.3 is 0 Å². The molecule has 1 amide bonds. The van der Waals surface area contributed by atoms with E-state index in [1.165, 1.54) is 12.8 Å². The lowest BCUT2D eigenvalue weighted by Crippen LogP contribution is -2.39. The molecule has 0 radical (unpaired) electrons. The van der Waals surface area contributed by atoms with Gasteiger partial charge in [0.1, 0.15) is 0 Å². The molecule has 3 nitrogen and oxygen atoms in total. The molecule has 2 N–H and O–H groups in total. The summed E-state index contributed by atoms with van der Waals surface area (Å²) in [6.07, 6.45) is 7.68. The molecular formula is C11H18N2O.